The van der Waals surface area contributed by atoms with Gasteiger partial charge in [0, 0.05) is 31.9 Å². The zero-order chi connectivity index (χ0) is 21.0. The predicted octanol–water partition coefficient (Wildman–Crippen LogP) is 3.16. The number of nitrogens with zero attached hydrogens (tertiary/aromatic N) is 2. The molecule has 3 atom stereocenters. The summed E-state index contributed by atoms with van der Waals surface area (Å²) in [6.45, 7) is 8.96. The summed E-state index contributed by atoms with van der Waals surface area (Å²) in [6, 6.07) is 8.37. The molecule has 2 aliphatic rings. The Kier molecular flexibility index (Phi) is 7.22. The normalized spacial score (nSPS) is 24.9. The maximum Gasteiger partial charge on any atom is 0.224 e. The second-order valence-corrected chi connectivity index (χ2v) is 10.9. The highest BCUT2D eigenvalue weighted by Crippen LogP contribution is 2.25. The molecule has 1 aromatic carbocycles. The average Bonchev–Trinajstić information content (AvgIpc) is 2.74. The molecule has 1 aromatic rings. The molecule has 2 heterocycles. The van der Waals surface area contributed by atoms with Crippen LogP contribution in [0.3, 0.4) is 0 Å². The molecule has 0 radical (unpaired) electrons. The van der Waals surface area contributed by atoms with Crippen LogP contribution in [0.25, 0.3) is 0 Å². The smallest absolute Gasteiger partial charge is 0.224 e. The van der Waals surface area contributed by atoms with Crippen LogP contribution in [0.4, 0.5) is 5.69 Å². The largest absolute Gasteiger partial charge is 0.371 e. The van der Waals surface area contributed by atoms with Crippen LogP contribution in [0.5, 0.6) is 0 Å². The van der Waals surface area contributed by atoms with Gasteiger partial charge >= 0.3 is 0 Å². The molecule has 0 bridgehead atoms. The number of benzene rings is 1. The second-order valence-electron chi connectivity index (χ2n) is 8.61. The van der Waals surface area contributed by atoms with Gasteiger partial charge in [0.05, 0.1) is 17.7 Å². The third-order valence-corrected chi connectivity index (χ3v) is 8.14. The maximum absolute atomic E-state index is 12.8. The van der Waals surface area contributed by atoms with E-state index in [2.05, 4.69) is 41.4 Å². The Bertz CT molecular complexity index is 794. The lowest BCUT2D eigenvalue weighted by Crippen LogP contribution is -2.46. The summed E-state index contributed by atoms with van der Waals surface area (Å²) >= 11 is 0. The Morgan fingerprint density at radius 2 is 1.83 bits per heavy atom. The van der Waals surface area contributed by atoms with E-state index in [-0.39, 0.29) is 23.6 Å². The van der Waals surface area contributed by atoms with E-state index >= 15 is 0 Å². The lowest BCUT2D eigenvalue weighted by molar-refractivity contribution is -0.126. The first-order valence-corrected chi connectivity index (χ1v) is 12.5. The number of nitrogens with one attached hydrogen (secondary N) is 1. The summed E-state index contributed by atoms with van der Waals surface area (Å²) in [5.41, 5.74) is 2.31. The van der Waals surface area contributed by atoms with Crippen molar-refractivity contribution >= 4 is 21.6 Å². The van der Waals surface area contributed by atoms with Crippen molar-refractivity contribution in [1.82, 2.24) is 9.62 Å². The minimum absolute atomic E-state index is 0.0533. The van der Waals surface area contributed by atoms with Crippen LogP contribution in [0.2, 0.25) is 0 Å². The molecule has 0 saturated carbocycles. The molecule has 3 rings (SSSR count). The summed E-state index contributed by atoms with van der Waals surface area (Å²) in [5.74, 6) is 0.483. The minimum atomic E-state index is -3.24. The van der Waals surface area contributed by atoms with E-state index in [1.54, 1.807) is 6.92 Å². The zero-order valence-electron chi connectivity index (χ0n) is 17.9. The van der Waals surface area contributed by atoms with Gasteiger partial charge in [-0.05, 0) is 63.1 Å². The molecule has 1 N–H and O–H groups in total. The summed E-state index contributed by atoms with van der Waals surface area (Å²) in [7, 11) is -3.24. The van der Waals surface area contributed by atoms with Crippen molar-refractivity contribution in [3.05, 3.63) is 29.8 Å². The number of hydrogen-bond acceptors (Lipinski definition) is 4. The van der Waals surface area contributed by atoms with Gasteiger partial charge in [0.25, 0.3) is 0 Å². The molecule has 0 aliphatic carbocycles. The molecule has 2 aliphatic heterocycles. The first-order chi connectivity index (χ1) is 13.8. The van der Waals surface area contributed by atoms with Crippen LogP contribution in [0.1, 0.15) is 58.1 Å². The SMILES string of the molecule is CCS(=O)(=O)N1CCCC(C(=O)NC(C)c2ccc(N3CCCC(C)C3)cc2)C1. The van der Waals surface area contributed by atoms with Gasteiger partial charge in [0.2, 0.25) is 15.9 Å². The van der Waals surface area contributed by atoms with E-state index in [4.69, 9.17) is 0 Å². The number of rotatable bonds is 6. The number of amides is 1. The summed E-state index contributed by atoms with van der Waals surface area (Å²) < 4.78 is 25.8. The molecule has 29 heavy (non-hydrogen) atoms. The topological polar surface area (TPSA) is 69.7 Å². The number of anilines is 1. The predicted molar refractivity (Wildman–Crippen MR) is 117 cm³/mol. The van der Waals surface area contributed by atoms with Gasteiger partial charge in [0.15, 0.2) is 0 Å². The Labute approximate surface area is 175 Å². The fourth-order valence-corrected chi connectivity index (χ4v) is 5.58. The van der Waals surface area contributed by atoms with Crippen molar-refractivity contribution in [1.29, 1.82) is 0 Å². The van der Waals surface area contributed by atoms with E-state index in [0.29, 0.717) is 13.1 Å². The Morgan fingerprint density at radius 3 is 2.48 bits per heavy atom. The van der Waals surface area contributed by atoms with E-state index < -0.39 is 10.0 Å². The maximum atomic E-state index is 12.8. The van der Waals surface area contributed by atoms with Crippen molar-refractivity contribution in [2.75, 3.05) is 36.8 Å². The number of hydrogen-bond donors (Lipinski definition) is 1. The zero-order valence-corrected chi connectivity index (χ0v) is 18.7. The van der Waals surface area contributed by atoms with E-state index in [0.717, 1.165) is 37.4 Å². The highest BCUT2D eigenvalue weighted by Gasteiger charge is 2.31. The van der Waals surface area contributed by atoms with Crippen LogP contribution < -0.4 is 10.2 Å². The van der Waals surface area contributed by atoms with Gasteiger partial charge in [-0.3, -0.25) is 4.79 Å². The monoisotopic (exact) mass is 421 g/mol. The van der Waals surface area contributed by atoms with E-state index in [9.17, 15) is 13.2 Å². The van der Waals surface area contributed by atoms with Crippen molar-refractivity contribution < 1.29 is 13.2 Å². The van der Waals surface area contributed by atoms with Gasteiger partial charge in [-0.25, -0.2) is 12.7 Å². The fourth-order valence-electron chi connectivity index (χ4n) is 4.40. The van der Waals surface area contributed by atoms with Gasteiger partial charge in [-0.2, -0.15) is 0 Å². The number of piperidine rings is 2. The van der Waals surface area contributed by atoms with Crippen LogP contribution in [0, 0.1) is 11.8 Å². The van der Waals surface area contributed by atoms with Crippen molar-refractivity contribution in [2.45, 2.75) is 52.5 Å². The summed E-state index contributed by atoms with van der Waals surface area (Å²) in [5, 5.41) is 3.09. The summed E-state index contributed by atoms with van der Waals surface area (Å²) in [6.07, 6.45) is 4.01. The molecule has 0 spiro atoms. The summed E-state index contributed by atoms with van der Waals surface area (Å²) in [4.78, 5) is 15.2. The van der Waals surface area contributed by atoms with Gasteiger partial charge in [0.1, 0.15) is 0 Å². The average molecular weight is 422 g/mol. The first kappa shape index (κ1) is 22.1. The molecule has 1 amide bonds. The lowest BCUT2D eigenvalue weighted by atomic mass is 9.97. The van der Waals surface area contributed by atoms with Crippen LogP contribution >= 0.6 is 0 Å². The van der Waals surface area contributed by atoms with Crippen molar-refractivity contribution in [2.24, 2.45) is 11.8 Å². The Morgan fingerprint density at radius 1 is 1.14 bits per heavy atom. The fraction of sp³-hybridized carbons (Fsp3) is 0.682. The molecule has 2 saturated heterocycles. The first-order valence-electron chi connectivity index (χ1n) is 10.9. The van der Waals surface area contributed by atoms with Gasteiger partial charge < -0.3 is 10.2 Å². The molecular weight excluding hydrogens is 386 g/mol. The molecule has 2 fully saturated rings. The van der Waals surface area contributed by atoms with Crippen LogP contribution in [0.15, 0.2) is 24.3 Å². The number of carbonyl (C=O) groups is 1. The van der Waals surface area contributed by atoms with E-state index in [1.165, 1.54) is 22.8 Å². The highest BCUT2D eigenvalue weighted by atomic mass is 32.2. The lowest BCUT2D eigenvalue weighted by Gasteiger charge is -2.33. The van der Waals surface area contributed by atoms with Gasteiger partial charge in [-0.15, -0.1) is 0 Å². The quantitative estimate of drug-likeness (QED) is 0.766. The third-order valence-electron chi connectivity index (χ3n) is 6.29. The molecule has 7 heteroatoms. The molecule has 0 aromatic heterocycles. The minimum Gasteiger partial charge on any atom is -0.371 e. The second kappa shape index (κ2) is 9.47. The molecule has 6 nitrogen and oxygen atoms in total. The van der Waals surface area contributed by atoms with Crippen LogP contribution in [-0.2, 0) is 14.8 Å². The standard InChI is InChI=1S/C22H35N3O3S/c1-4-29(27,28)25-14-6-8-20(16-25)22(26)23-18(3)19-9-11-21(12-10-19)24-13-5-7-17(2)15-24/h9-12,17-18,20H,4-8,13-16H2,1-3H3,(H,23,26). The van der Waals surface area contributed by atoms with Crippen molar-refractivity contribution in [3.8, 4) is 0 Å². The Hall–Kier alpha value is -1.60. The molecule has 162 valence electrons. The third kappa shape index (κ3) is 5.51. The Balaban J connectivity index is 1.58. The van der Waals surface area contributed by atoms with Crippen molar-refractivity contribution in [3.63, 3.8) is 0 Å². The number of carbonyl (C=O) groups excluding carboxylic acids is 1. The van der Waals surface area contributed by atoms with Gasteiger partial charge in [-0.1, -0.05) is 19.1 Å². The van der Waals surface area contributed by atoms with Crippen LogP contribution in [-0.4, -0.2) is 50.6 Å². The number of sulfonamides is 1. The molecular formula is C22H35N3O3S. The van der Waals surface area contributed by atoms with E-state index in [1.807, 2.05) is 6.92 Å². The molecule has 3 unspecified atom stereocenters. The highest BCUT2D eigenvalue weighted by molar-refractivity contribution is 7.89.